The van der Waals surface area contributed by atoms with Crippen molar-refractivity contribution in [1.82, 2.24) is 0 Å². The van der Waals surface area contributed by atoms with Crippen LogP contribution in [0, 0.1) is 0 Å². The molecule has 0 saturated heterocycles. The van der Waals surface area contributed by atoms with Gasteiger partial charge in [0.15, 0.2) is 0 Å². The Morgan fingerprint density at radius 3 is 1.21 bits per heavy atom. The van der Waals surface area contributed by atoms with Crippen LogP contribution in [-0.4, -0.2) is 13.1 Å². The van der Waals surface area contributed by atoms with Gasteiger partial charge in [-0.15, -0.1) is 0 Å². The molecule has 2 aromatic carbocycles. The lowest BCUT2D eigenvalue weighted by molar-refractivity contribution is 0.610. The minimum atomic E-state index is 0.812. The van der Waals surface area contributed by atoms with Crippen LogP contribution in [0.25, 0.3) is 0 Å². The van der Waals surface area contributed by atoms with Gasteiger partial charge >= 0.3 is 0 Å². The summed E-state index contributed by atoms with van der Waals surface area (Å²) < 4.78 is 0. The molecule has 0 atom stereocenters. The molecular formula is C20H30N4. The van der Waals surface area contributed by atoms with E-state index in [1.165, 1.54) is 38.5 Å². The quantitative estimate of drug-likeness (QED) is 0.356. The van der Waals surface area contributed by atoms with Gasteiger partial charge < -0.3 is 22.1 Å². The number of anilines is 4. The number of benzene rings is 2. The van der Waals surface area contributed by atoms with Crippen molar-refractivity contribution in [2.24, 2.45) is 0 Å². The molecule has 0 saturated carbocycles. The normalized spacial score (nSPS) is 10.5. The molecule has 6 N–H and O–H groups in total. The number of unbranched alkanes of at least 4 members (excludes halogenated alkanes) is 5. The topological polar surface area (TPSA) is 76.1 Å². The Balaban J connectivity index is 1.40. The molecule has 0 aliphatic rings. The molecule has 4 heteroatoms. The molecule has 0 unspecified atom stereocenters. The lowest BCUT2D eigenvalue weighted by Crippen LogP contribution is -2.02. The molecule has 0 heterocycles. The number of hydrogen-bond donors (Lipinski definition) is 4. The van der Waals surface area contributed by atoms with Crippen LogP contribution in [0.4, 0.5) is 22.7 Å². The van der Waals surface area contributed by atoms with Crippen LogP contribution in [-0.2, 0) is 0 Å². The van der Waals surface area contributed by atoms with Gasteiger partial charge in [-0.3, -0.25) is 0 Å². The SMILES string of the molecule is Nc1ccc(NCCCCCCCCNc2ccc(N)cc2)cc1. The van der Waals surface area contributed by atoms with E-state index in [0.717, 1.165) is 35.8 Å². The molecular weight excluding hydrogens is 296 g/mol. The molecule has 0 amide bonds. The first-order valence-corrected chi connectivity index (χ1v) is 8.93. The highest BCUT2D eigenvalue weighted by molar-refractivity contribution is 5.51. The first kappa shape index (κ1) is 18.0. The van der Waals surface area contributed by atoms with Crippen molar-refractivity contribution in [3.63, 3.8) is 0 Å². The average molecular weight is 326 g/mol. The van der Waals surface area contributed by atoms with E-state index in [2.05, 4.69) is 10.6 Å². The molecule has 0 aliphatic heterocycles. The van der Waals surface area contributed by atoms with Crippen molar-refractivity contribution in [3.8, 4) is 0 Å². The zero-order chi connectivity index (χ0) is 17.0. The summed E-state index contributed by atoms with van der Waals surface area (Å²) in [6, 6.07) is 15.8. The fraction of sp³-hybridized carbons (Fsp3) is 0.400. The second-order valence-electron chi connectivity index (χ2n) is 6.22. The Morgan fingerprint density at radius 1 is 0.500 bits per heavy atom. The number of rotatable bonds is 11. The summed E-state index contributed by atoms with van der Waals surface area (Å²) in [6.45, 7) is 2.06. The maximum absolute atomic E-state index is 5.67. The second kappa shape index (κ2) is 10.4. The molecule has 0 spiro atoms. The van der Waals surface area contributed by atoms with Gasteiger partial charge in [-0.05, 0) is 61.4 Å². The van der Waals surface area contributed by atoms with Crippen LogP contribution < -0.4 is 22.1 Å². The van der Waals surface area contributed by atoms with Gasteiger partial charge in [0.05, 0.1) is 0 Å². The van der Waals surface area contributed by atoms with Crippen LogP contribution in [0.15, 0.2) is 48.5 Å². The zero-order valence-corrected chi connectivity index (χ0v) is 14.4. The van der Waals surface area contributed by atoms with Gasteiger partial charge in [-0.25, -0.2) is 0 Å². The van der Waals surface area contributed by atoms with E-state index >= 15 is 0 Å². The summed E-state index contributed by atoms with van der Waals surface area (Å²) in [5.41, 5.74) is 15.3. The highest BCUT2D eigenvalue weighted by Crippen LogP contribution is 2.12. The van der Waals surface area contributed by atoms with Crippen molar-refractivity contribution in [1.29, 1.82) is 0 Å². The molecule has 4 nitrogen and oxygen atoms in total. The van der Waals surface area contributed by atoms with Crippen molar-refractivity contribution in [2.75, 3.05) is 35.2 Å². The van der Waals surface area contributed by atoms with E-state index < -0.39 is 0 Å². The Hall–Kier alpha value is -2.36. The summed E-state index contributed by atoms with van der Waals surface area (Å²) >= 11 is 0. The number of hydrogen-bond acceptors (Lipinski definition) is 4. The number of nitrogens with one attached hydrogen (secondary N) is 2. The van der Waals surface area contributed by atoms with Crippen molar-refractivity contribution < 1.29 is 0 Å². The van der Waals surface area contributed by atoms with E-state index in [9.17, 15) is 0 Å². The van der Waals surface area contributed by atoms with E-state index in [4.69, 9.17) is 11.5 Å². The summed E-state index contributed by atoms with van der Waals surface area (Å²) in [5, 5.41) is 6.86. The van der Waals surface area contributed by atoms with E-state index in [1.54, 1.807) is 0 Å². The molecule has 2 aromatic rings. The van der Waals surface area contributed by atoms with Gasteiger partial charge in [-0.1, -0.05) is 25.7 Å². The minimum absolute atomic E-state index is 0.812. The van der Waals surface area contributed by atoms with E-state index in [-0.39, 0.29) is 0 Å². The number of nitrogens with two attached hydrogens (primary N) is 2. The molecule has 2 rings (SSSR count). The van der Waals surface area contributed by atoms with Crippen LogP contribution in [0.3, 0.4) is 0 Å². The summed E-state index contributed by atoms with van der Waals surface area (Å²) in [4.78, 5) is 0. The Kier molecular flexibility index (Phi) is 7.81. The molecule has 0 aliphatic carbocycles. The largest absolute Gasteiger partial charge is 0.399 e. The third-order valence-electron chi connectivity index (χ3n) is 4.08. The van der Waals surface area contributed by atoms with Crippen molar-refractivity contribution in [2.45, 2.75) is 38.5 Å². The van der Waals surface area contributed by atoms with Crippen molar-refractivity contribution in [3.05, 3.63) is 48.5 Å². The zero-order valence-electron chi connectivity index (χ0n) is 14.4. The van der Waals surface area contributed by atoms with Crippen LogP contribution >= 0.6 is 0 Å². The molecule has 0 aromatic heterocycles. The molecule has 0 fully saturated rings. The second-order valence-corrected chi connectivity index (χ2v) is 6.22. The van der Waals surface area contributed by atoms with Gasteiger partial charge in [0, 0.05) is 35.8 Å². The van der Waals surface area contributed by atoms with Crippen molar-refractivity contribution >= 4 is 22.7 Å². The van der Waals surface area contributed by atoms with E-state index in [0.29, 0.717) is 0 Å². The first-order chi connectivity index (χ1) is 11.7. The Morgan fingerprint density at radius 2 is 0.833 bits per heavy atom. The molecule has 24 heavy (non-hydrogen) atoms. The summed E-state index contributed by atoms with van der Waals surface area (Å²) in [5.74, 6) is 0. The van der Waals surface area contributed by atoms with Crippen LogP contribution in [0.5, 0.6) is 0 Å². The van der Waals surface area contributed by atoms with Crippen LogP contribution in [0.1, 0.15) is 38.5 Å². The first-order valence-electron chi connectivity index (χ1n) is 8.93. The summed E-state index contributed by atoms with van der Waals surface area (Å²) in [6.07, 6.45) is 7.62. The highest BCUT2D eigenvalue weighted by Gasteiger charge is 1.95. The van der Waals surface area contributed by atoms with E-state index in [1.807, 2.05) is 48.5 Å². The lowest BCUT2D eigenvalue weighted by atomic mass is 10.1. The fourth-order valence-corrected chi connectivity index (χ4v) is 2.62. The Labute approximate surface area is 145 Å². The predicted molar refractivity (Wildman–Crippen MR) is 106 cm³/mol. The third-order valence-corrected chi connectivity index (χ3v) is 4.08. The van der Waals surface area contributed by atoms with Gasteiger partial charge in [0.1, 0.15) is 0 Å². The lowest BCUT2D eigenvalue weighted by Gasteiger charge is -2.07. The predicted octanol–water partition coefficient (Wildman–Crippen LogP) is 4.72. The fourth-order valence-electron chi connectivity index (χ4n) is 2.62. The smallest absolute Gasteiger partial charge is 0.0341 e. The maximum atomic E-state index is 5.67. The maximum Gasteiger partial charge on any atom is 0.0341 e. The molecule has 0 bridgehead atoms. The molecule has 0 radical (unpaired) electrons. The Bertz CT molecular complexity index is 510. The minimum Gasteiger partial charge on any atom is -0.399 e. The highest BCUT2D eigenvalue weighted by atomic mass is 14.9. The average Bonchev–Trinajstić information content (AvgIpc) is 2.60. The molecule has 130 valence electrons. The monoisotopic (exact) mass is 326 g/mol. The van der Waals surface area contributed by atoms with Gasteiger partial charge in [0.2, 0.25) is 0 Å². The van der Waals surface area contributed by atoms with Gasteiger partial charge in [0.25, 0.3) is 0 Å². The standard InChI is InChI=1S/C20H30N4/c21-17-7-11-19(12-8-17)23-15-5-3-1-2-4-6-16-24-20-13-9-18(22)10-14-20/h7-14,23-24H,1-6,15-16,21-22H2. The third kappa shape index (κ3) is 7.27. The van der Waals surface area contributed by atoms with Gasteiger partial charge in [-0.2, -0.15) is 0 Å². The summed E-state index contributed by atoms with van der Waals surface area (Å²) in [7, 11) is 0. The number of nitrogen functional groups attached to an aromatic ring is 2. The van der Waals surface area contributed by atoms with Crippen LogP contribution in [0.2, 0.25) is 0 Å².